The first kappa shape index (κ1) is 16.2. The van der Waals surface area contributed by atoms with Gasteiger partial charge in [-0.25, -0.2) is 0 Å². The van der Waals surface area contributed by atoms with Gasteiger partial charge in [0, 0.05) is 21.1 Å². The number of ether oxygens (including phenoxy) is 2. The van der Waals surface area contributed by atoms with E-state index in [9.17, 15) is 0 Å². The van der Waals surface area contributed by atoms with Crippen LogP contribution in [0.1, 0.15) is 30.1 Å². The Morgan fingerprint density at radius 2 is 1.92 bits per heavy atom. The van der Waals surface area contributed by atoms with Crippen molar-refractivity contribution in [3.8, 4) is 11.8 Å². The third kappa shape index (κ3) is 3.04. The summed E-state index contributed by atoms with van der Waals surface area (Å²) in [5, 5.41) is 4.71. The summed E-state index contributed by atoms with van der Waals surface area (Å²) >= 11 is 3.57. The number of fused-ring (bicyclic) bond motifs is 3. The van der Waals surface area contributed by atoms with Gasteiger partial charge in [0.1, 0.15) is 0 Å². The SMILES string of the molecule is COc1cc(OC)nc(NC2CCCc3c2[nH]c2ccc(Br)cc32)n1. The lowest BCUT2D eigenvalue weighted by Gasteiger charge is -2.24. The molecule has 1 atom stereocenters. The molecule has 0 amide bonds. The van der Waals surface area contributed by atoms with Crippen molar-refractivity contribution in [2.24, 2.45) is 0 Å². The zero-order valence-electron chi connectivity index (χ0n) is 14.1. The van der Waals surface area contributed by atoms with Crippen molar-refractivity contribution in [2.75, 3.05) is 19.5 Å². The van der Waals surface area contributed by atoms with Crippen molar-refractivity contribution >= 4 is 32.8 Å². The first-order valence-electron chi connectivity index (χ1n) is 8.21. The van der Waals surface area contributed by atoms with Gasteiger partial charge in [0.05, 0.1) is 26.3 Å². The molecule has 0 radical (unpaired) electrons. The van der Waals surface area contributed by atoms with Gasteiger partial charge < -0.3 is 19.8 Å². The van der Waals surface area contributed by atoms with Crippen LogP contribution >= 0.6 is 15.9 Å². The number of benzene rings is 1. The van der Waals surface area contributed by atoms with E-state index in [2.05, 4.69) is 54.4 Å². The molecule has 0 saturated heterocycles. The predicted octanol–water partition coefficient (Wildman–Crippen LogP) is 4.23. The van der Waals surface area contributed by atoms with Gasteiger partial charge in [-0.05, 0) is 43.0 Å². The molecule has 2 N–H and O–H groups in total. The van der Waals surface area contributed by atoms with E-state index in [1.54, 1.807) is 20.3 Å². The number of nitrogens with zero attached hydrogens (tertiary/aromatic N) is 2. The largest absolute Gasteiger partial charge is 0.481 e. The maximum absolute atomic E-state index is 5.23. The number of aromatic amines is 1. The molecule has 0 saturated carbocycles. The summed E-state index contributed by atoms with van der Waals surface area (Å²) in [7, 11) is 3.17. The zero-order valence-corrected chi connectivity index (χ0v) is 15.7. The maximum Gasteiger partial charge on any atom is 0.229 e. The predicted molar refractivity (Wildman–Crippen MR) is 100 cm³/mol. The topological polar surface area (TPSA) is 72.1 Å². The van der Waals surface area contributed by atoms with Gasteiger partial charge in [-0.1, -0.05) is 15.9 Å². The van der Waals surface area contributed by atoms with E-state index in [0.29, 0.717) is 17.7 Å². The van der Waals surface area contributed by atoms with Crippen molar-refractivity contribution < 1.29 is 9.47 Å². The maximum atomic E-state index is 5.23. The van der Waals surface area contributed by atoms with Crippen LogP contribution in [0.2, 0.25) is 0 Å². The molecule has 2 aromatic heterocycles. The smallest absolute Gasteiger partial charge is 0.229 e. The summed E-state index contributed by atoms with van der Waals surface area (Å²) in [4.78, 5) is 12.3. The highest BCUT2D eigenvalue weighted by molar-refractivity contribution is 9.10. The molecular weight excluding hydrogens is 384 g/mol. The van der Waals surface area contributed by atoms with Crippen LogP contribution in [0.5, 0.6) is 11.8 Å². The fourth-order valence-corrected chi connectivity index (χ4v) is 3.77. The van der Waals surface area contributed by atoms with Crippen LogP contribution in [0.25, 0.3) is 10.9 Å². The second kappa shape index (κ2) is 6.55. The highest BCUT2D eigenvalue weighted by Crippen LogP contribution is 2.37. The van der Waals surface area contributed by atoms with E-state index >= 15 is 0 Å². The van der Waals surface area contributed by atoms with Crippen LogP contribution in [0.15, 0.2) is 28.7 Å². The van der Waals surface area contributed by atoms with Gasteiger partial charge in [-0.15, -0.1) is 0 Å². The van der Waals surface area contributed by atoms with Gasteiger partial charge in [-0.2, -0.15) is 9.97 Å². The Labute approximate surface area is 154 Å². The number of hydrogen-bond acceptors (Lipinski definition) is 5. The van der Waals surface area contributed by atoms with E-state index in [1.807, 2.05) is 0 Å². The first-order valence-corrected chi connectivity index (χ1v) is 9.01. The van der Waals surface area contributed by atoms with Gasteiger partial charge >= 0.3 is 0 Å². The van der Waals surface area contributed by atoms with Gasteiger partial charge in [0.2, 0.25) is 17.7 Å². The standard InChI is InChI=1S/C18H19BrN4O2/c1-24-15-9-16(25-2)23-18(22-15)21-14-5-3-4-11-12-8-10(19)6-7-13(12)20-17(11)14/h6-9,14,20H,3-5H2,1-2H3,(H,21,22,23). The molecule has 4 rings (SSSR count). The molecule has 1 aliphatic rings. The van der Waals surface area contributed by atoms with Gasteiger partial charge in [0.15, 0.2) is 0 Å². The van der Waals surface area contributed by atoms with Crippen molar-refractivity contribution in [1.82, 2.24) is 15.0 Å². The van der Waals surface area contributed by atoms with Gasteiger partial charge in [0.25, 0.3) is 0 Å². The lowest BCUT2D eigenvalue weighted by Crippen LogP contribution is -2.18. The molecule has 1 unspecified atom stereocenters. The Kier molecular flexibility index (Phi) is 4.25. The molecule has 1 aliphatic carbocycles. The number of rotatable bonds is 4. The number of halogens is 1. The fourth-order valence-electron chi connectivity index (χ4n) is 3.41. The third-order valence-corrected chi connectivity index (χ3v) is 5.06. The number of H-pyrrole nitrogens is 1. The van der Waals surface area contributed by atoms with E-state index in [-0.39, 0.29) is 6.04 Å². The average molecular weight is 403 g/mol. The fraction of sp³-hybridized carbons (Fsp3) is 0.333. The molecule has 130 valence electrons. The minimum Gasteiger partial charge on any atom is -0.481 e. The Hall–Kier alpha value is -2.28. The van der Waals surface area contributed by atoms with Gasteiger partial charge in [-0.3, -0.25) is 0 Å². The number of anilines is 1. The quantitative estimate of drug-likeness (QED) is 0.682. The first-order chi connectivity index (χ1) is 12.2. The van der Waals surface area contributed by atoms with E-state index in [0.717, 1.165) is 29.3 Å². The Morgan fingerprint density at radius 1 is 1.16 bits per heavy atom. The van der Waals surface area contributed by atoms with Crippen LogP contribution in [0, 0.1) is 0 Å². The summed E-state index contributed by atoms with van der Waals surface area (Å²) in [5.41, 5.74) is 3.74. The van der Waals surface area contributed by atoms with Crippen molar-refractivity contribution in [1.29, 1.82) is 0 Å². The highest BCUT2D eigenvalue weighted by atomic mass is 79.9. The molecule has 3 aromatic rings. The van der Waals surface area contributed by atoms with Crippen LogP contribution in [-0.2, 0) is 6.42 Å². The molecule has 1 aromatic carbocycles. The lowest BCUT2D eigenvalue weighted by atomic mass is 9.92. The molecule has 25 heavy (non-hydrogen) atoms. The van der Waals surface area contributed by atoms with E-state index < -0.39 is 0 Å². The minimum atomic E-state index is 0.131. The summed E-state index contributed by atoms with van der Waals surface area (Å²) < 4.78 is 11.6. The van der Waals surface area contributed by atoms with Crippen LogP contribution in [0.4, 0.5) is 5.95 Å². The van der Waals surface area contributed by atoms with Crippen LogP contribution < -0.4 is 14.8 Å². The Bertz CT molecular complexity index is 903. The molecule has 6 nitrogen and oxygen atoms in total. The summed E-state index contributed by atoms with van der Waals surface area (Å²) in [5.74, 6) is 1.46. The monoisotopic (exact) mass is 402 g/mol. The van der Waals surface area contributed by atoms with Crippen LogP contribution in [-0.4, -0.2) is 29.2 Å². The van der Waals surface area contributed by atoms with Crippen molar-refractivity contribution in [3.63, 3.8) is 0 Å². The molecule has 0 spiro atoms. The summed E-state index contributed by atoms with van der Waals surface area (Å²) in [6.45, 7) is 0. The number of aromatic nitrogens is 3. The second-order valence-corrected chi connectivity index (χ2v) is 6.99. The molecule has 0 fully saturated rings. The number of methoxy groups -OCH3 is 2. The number of nitrogens with one attached hydrogen (secondary N) is 2. The van der Waals surface area contributed by atoms with Crippen LogP contribution in [0.3, 0.4) is 0 Å². The Balaban J connectivity index is 1.71. The number of aryl methyl sites for hydroxylation is 1. The van der Waals surface area contributed by atoms with E-state index in [4.69, 9.17) is 9.47 Å². The van der Waals surface area contributed by atoms with E-state index in [1.165, 1.54) is 16.6 Å². The second-order valence-electron chi connectivity index (χ2n) is 6.07. The normalized spacial score (nSPS) is 16.5. The molecule has 2 heterocycles. The minimum absolute atomic E-state index is 0.131. The average Bonchev–Trinajstić information content (AvgIpc) is 3.00. The highest BCUT2D eigenvalue weighted by Gasteiger charge is 2.25. The lowest BCUT2D eigenvalue weighted by molar-refractivity contribution is 0.372. The zero-order chi connectivity index (χ0) is 17.4. The molecule has 0 aliphatic heterocycles. The molecular formula is C18H19BrN4O2. The van der Waals surface area contributed by atoms with Crippen molar-refractivity contribution in [2.45, 2.75) is 25.3 Å². The molecule has 7 heteroatoms. The summed E-state index contributed by atoms with van der Waals surface area (Å²) in [6.07, 6.45) is 3.21. The summed E-state index contributed by atoms with van der Waals surface area (Å²) in [6, 6.07) is 8.14. The molecule has 0 bridgehead atoms. The Morgan fingerprint density at radius 3 is 2.64 bits per heavy atom. The number of hydrogen-bond donors (Lipinski definition) is 2. The van der Waals surface area contributed by atoms with Crippen molar-refractivity contribution in [3.05, 3.63) is 40.0 Å². The third-order valence-electron chi connectivity index (χ3n) is 4.57.